The number of aryl methyl sites for hydroxylation is 4. The van der Waals surface area contributed by atoms with Crippen molar-refractivity contribution in [2.75, 3.05) is 0 Å². The molecule has 0 spiro atoms. The molecule has 14 rings (SSSR count). The topological polar surface area (TPSA) is 107 Å². The van der Waals surface area contributed by atoms with Crippen molar-refractivity contribution in [3.63, 3.8) is 0 Å². The second-order valence-corrected chi connectivity index (χ2v) is 20.2. The fourth-order valence-corrected chi connectivity index (χ4v) is 9.01. The zero-order chi connectivity index (χ0) is 66.6. The fraction of sp³-hybridized carbons (Fsp3) is 0.0959. The van der Waals surface area contributed by atoms with Crippen molar-refractivity contribution in [2.24, 2.45) is 28.2 Å². The van der Waals surface area contributed by atoms with Gasteiger partial charge in [0.1, 0.15) is 0 Å². The first kappa shape index (κ1) is 86.5. The Balaban J connectivity index is 0.000000311. The minimum absolute atomic E-state index is 0. The molecule has 6 radical (unpaired) electrons. The van der Waals surface area contributed by atoms with Gasteiger partial charge in [-0.1, -0.05) is 60.2 Å². The van der Waals surface area contributed by atoms with Crippen LogP contribution in [0.15, 0.2) is 250 Å². The summed E-state index contributed by atoms with van der Waals surface area (Å²) in [7, 11) is 7.06. The Hall–Kier alpha value is -7.71. The quantitative estimate of drug-likeness (QED) is 0.105. The third kappa shape index (κ3) is 24.5. The maximum atomic E-state index is 13.3. The smallest absolute Gasteiger partial charge is 0.373 e. The molecule has 0 N–H and O–H groups in total. The number of nitrogens with zero attached hydrogens (tertiary/aromatic N) is 12. The van der Waals surface area contributed by atoms with Gasteiger partial charge in [0.25, 0.3) is 0 Å². The van der Waals surface area contributed by atoms with Gasteiger partial charge in [-0.2, -0.15) is 26.3 Å². The molecule has 0 aliphatic heterocycles. The summed E-state index contributed by atoms with van der Waals surface area (Å²) in [6.45, 7) is 0.832. The maximum Gasteiger partial charge on any atom is 0.399 e. The van der Waals surface area contributed by atoms with Gasteiger partial charge in [0.2, 0.25) is 0 Å². The Bertz CT molecular complexity index is 4520. The number of rotatable bonds is 9. The third-order valence-electron chi connectivity index (χ3n) is 13.6. The normalized spacial score (nSPS) is 10.2. The molecule has 0 aliphatic rings. The van der Waals surface area contributed by atoms with Gasteiger partial charge in [-0.25, -0.2) is 0 Å². The van der Waals surface area contributed by atoms with E-state index in [9.17, 15) is 39.5 Å². The Morgan fingerprint density at radius 2 is 0.790 bits per heavy atom. The molecule has 6 aromatic heterocycles. The predicted octanol–water partition coefficient (Wildman–Crippen LogP) is 16.7. The average Bonchev–Trinajstić information content (AvgIpc) is 1.10. The molecule has 0 saturated carbocycles. The molecule has 530 valence electrons. The summed E-state index contributed by atoms with van der Waals surface area (Å²) in [5, 5.41) is 0. The van der Waals surface area contributed by atoms with Crippen LogP contribution in [0.4, 0.5) is 39.5 Å². The molecule has 0 saturated heterocycles. The largest absolute Gasteiger partial charge is 0.399 e. The van der Waals surface area contributed by atoms with E-state index in [0.717, 1.165) is 69.9 Å². The summed E-state index contributed by atoms with van der Waals surface area (Å²) < 4.78 is 125. The van der Waals surface area contributed by atoms with E-state index in [1.54, 1.807) is 42.5 Å². The van der Waals surface area contributed by atoms with Gasteiger partial charge in [0, 0.05) is 253 Å². The Labute approximate surface area is 653 Å². The van der Waals surface area contributed by atoms with Crippen molar-refractivity contribution >= 4 is 0 Å². The molecule has 27 heteroatoms. The van der Waals surface area contributed by atoms with Crippen LogP contribution in [0.2, 0.25) is 0 Å². The van der Waals surface area contributed by atoms with E-state index in [0.29, 0.717) is 11.9 Å². The van der Waals surface area contributed by atoms with Crippen LogP contribution in [0, 0.1) is 53.8 Å². The molecule has 0 bridgehead atoms. The molecule has 12 nitrogen and oxygen atoms in total. The average molecular weight is 2420 g/mol. The molecule has 6 heterocycles. The van der Waals surface area contributed by atoms with Crippen LogP contribution in [0.3, 0.4) is 0 Å². The molecular weight excluding hydrogens is 2370 g/mol. The van der Waals surface area contributed by atoms with Gasteiger partial charge < -0.3 is 27.4 Å². The summed E-state index contributed by atoms with van der Waals surface area (Å²) in [5.41, 5.74) is 3.19. The Morgan fingerprint density at radius 3 is 1.24 bits per heavy atom. The number of hydrogen-bond donors (Lipinski definition) is 0. The van der Waals surface area contributed by atoms with Crippen LogP contribution >= 0.6 is 0 Å². The molecule has 8 aromatic carbocycles. The number of imidazole rings is 6. The van der Waals surface area contributed by atoms with E-state index >= 15 is 0 Å². The molecule has 100 heavy (non-hydrogen) atoms. The monoisotopic (exact) mass is 2430 g/mol. The number of para-hydroxylation sites is 1. The number of hydrogen-bond acceptors (Lipinski definition) is 6. The summed E-state index contributed by atoms with van der Waals surface area (Å²) in [5.74, 6) is 2.45. The third-order valence-corrected chi connectivity index (χ3v) is 13.6. The van der Waals surface area contributed by atoms with Crippen LogP contribution in [0.25, 0.3) is 74.0 Å². The number of alkyl halides is 6. The first-order valence-electron chi connectivity index (χ1n) is 28.5. The maximum absolute atomic E-state index is 13.3. The second-order valence-electron chi connectivity index (χ2n) is 20.2. The molecular formula is C73H55F9Ir6N12-6. The van der Waals surface area contributed by atoms with Gasteiger partial charge in [0.15, 0.2) is 0 Å². The molecule has 0 amide bonds. The number of halogens is 9. The van der Waals surface area contributed by atoms with Gasteiger partial charge in [-0.05, 0) is 28.8 Å². The number of benzene rings is 8. The van der Waals surface area contributed by atoms with Gasteiger partial charge >= 0.3 is 12.4 Å². The van der Waals surface area contributed by atoms with Crippen LogP contribution in [0.5, 0.6) is 0 Å². The van der Waals surface area contributed by atoms with Crippen LogP contribution in [-0.2, 0) is 168 Å². The van der Waals surface area contributed by atoms with E-state index in [2.05, 4.69) is 106 Å². The summed E-state index contributed by atoms with van der Waals surface area (Å²) in [6.07, 6.45) is 11.0. The zero-order valence-electron chi connectivity index (χ0n) is 52.6. The van der Waals surface area contributed by atoms with Crippen molar-refractivity contribution < 1.29 is 160 Å². The fourth-order valence-electron chi connectivity index (χ4n) is 9.01. The first-order chi connectivity index (χ1) is 45.3. The van der Waals surface area contributed by atoms with Crippen LogP contribution in [0.1, 0.15) is 16.7 Å². The van der Waals surface area contributed by atoms with Crippen molar-refractivity contribution in [2.45, 2.75) is 18.9 Å². The van der Waals surface area contributed by atoms with Crippen molar-refractivity contribution in [1.82, 2.24) is 57.3 Å². The van der Waals surface area contributed by atoms with Crippen LogP contribution in [-0.4, -0.2) is 57.3 Å². The molecule has 0 atom stereocenters. The number of aromatic nitrogens is 12. The molecule has 0 aliphatic carbocycles. The van der Waals surface area contributed by atoms with E-state index < -0.39 is 35.1 Å². The minimum Gasteiger partial charge on any atom is -0.373 e. The van der Waals surface area contributed by atoms with Crippen molar-refractivity contribution in [1.29, 1.82) is 0 Å². The second kappa shape index (κ2) is 41.9. The molecule has 0 unspecified atom stereocenters. The van der Waals surface area contributed by atoms with Crippen LogP contribution < -0.4 is 0 Å². The van der Waals surface area contributed by atoms with Crippen molar-refractivity contribution in [3.05, 3.63) is 321 Å². The van der Waals surface area contributed by atoms with Crippen molar-refractivity contribution in [3.8, 4) is 74.0 Å². The summed E-state index contributed by atoms with van der Waals surface area (Å²) in [6, 6.07) is 67.9. The van der Waals surface area contributed by atoms with E-state index in [4.69, 9.17) is 0 Å². The van der Waals surface area contributed by atoms with Gasteiger partial charge in [-0.15, -0.1) is 173 Å². The SMILES string of the molecule is Cn1ccnc1-c1[c-]c(C(F)(F)F)cc(C(F)(F)F)c1.Cn1ccnc1-c1[c-]cc(F)cc1.Cn1ccnc1-c1[c-]cc(F)cc1F.Cn1ccnc1-c1[c-]cccc1.[Ir].[Ir].[Ir].[Ir].[Ir].[Ir].[c-]1ccccc1-c1nccn1-c1ccccc1.[c-]1ccccc1-c1nccn1Cc1ccccc1. The molecule has 14 aromatic rings. The Morgan fingerprint density at radius 1 is 0.370 bits per heavy atom. The minimum atomic E-state index is -4.92. The Kier molecular flexibility index (Phi) is 36.2. The van der Waals surface area contributed by atoms with E-state index in [1.165, 1.54) is 41.7 Å². The van der Waals surface area contributed by atoms with Gasteiger partial charge in [-0.3, -0.25) is 43.1 Å². The zero-order valence-corrected chi connectivity index (χ0v) is 67.0. The van der Waals surface area contributed by atoms with E-state index in [-0.39, 0.29) is 149 Å². The van der Waals surface area contributed by atoms with Gasteiger partial charge in [0.05, 0.1) is 34.9 Å². The van der Waals surface area contributed by atoms with E-state index in [1.807, 2.05) is 164 Å². The first-order valence-corrected chi connectivity index (χ1v) is 28.5. The predicted molar refractivity (Wildman–Crippen MR) is 340 cm³/mol. The molecule has 0 fully saturated rings. The summed E-state index contributed by atoms with van der Waals surface area (Å²) >= 11 is 0. The summed E-state index contributed by atoms with van der Waals surface area (Å²) in [4.78, 5) is 24.8. The standard InChI is InChI=1S/C16H13N2.C15H11N2.C12H7F6N2.C10H7F2N2.C10H8FN2.C10H9N2.6Ir/c1-3-7-14(8-4-1)13-18-12-11-17-16(18)15-9-5-2-6-10-15;1-3-7-13(8-4-1)15-16-11-12-17(15)14-9-5-2-6-10-14;1-20-3-2-19-10(20)7-4-8(11(13,14)15)6-9(5-7)12(16,17)18;1-14-5-4-13-10(14)8-3-2-7(11)6-9(8)12;1-13-7-6-12-10(13)8-2-4-9(11)5-3-8;1-12-8-7-11-10(12)9-5-3-2-4-6-9;;;;;;/h1-9,11-12H,13H2;1-7,9-12H;2-4,6H,1H3;2,4-6H,1H3;2,4-7H,1H3;2-5,7-8H,1H3;;;;;;/q6*-1;;;;;;.